The summed E-state index contributed by atoms with van der Waals surface area (Å²) in [6.07, 6.45) is 0. The minimum atomic E-state index is 0.702. The molecule has 0 unspecified atom stereocenters. The average Bonchev–Trinajstić information content (AvgIpc) is 2.97. The summed E-state index contributed by atoms with van der Waals surface area (Å²) in [6.45, 7) is 5.94. The van der Waals surface area contributed by atoms with E-state index in [1.807, 2.05) is 51.1 Å². The van der Waals surface area contributed by atoms with Gasteiger partial charge in [0.2, 0.25) is 0 Å². The van der Waals surface area contributed by atoms with Gasteiger partial charge in [-0.3, -0.25) is 5.10 Å². The molecule has 4 heteroatoms. The number of aromatic nitrogens is 3. The van der Waals surface area contributed by atoms with Crippen molar-refractivity contribution in [3.05, 3.63) is 47.4 Å². The van der Waals surface area contributed by atoms with Crippen LogP contribution >= 0.6 is 0 Å². The molecule has 0 aliphatic heterocycles. The van der Waals surface area contributed by atoms with Crippen molar-refractivity contribution < 1.29 is 4.42 Å². The molecule has 96 valence electrons. The van der Waals surface area contributed by atoms with E-state index < -0.39 is 0 Å². The maximum absolute atomic E-state index is 5.63. The van der Waals surface area contributed by atoms with Crippen molar-refractivity contribution in [1.82, 2.24) is 15.2 Å². The Morgan fingerprint density at radius 3 is 2.37 bits per heavy atom. The molecule has 2 heterocycles. The van der Waals surface area contributed by atoms with Crippen LogP contribution in [-0.4, -0.2) is 15.2 Å². The topological polar surface area (TPSA) is 54.7 Å². The van der Waals surface area contributed by atoms with Gasteiger partial charge in [-0.15, -0.1) is 0 Å². The first kappa shape index (κ1) is 11.7. The molecule has 0 spiro atoms. The average molecular weight is 253 g/mol. The second-order valence-corrected chi connectivity index (χ2v) is 4.59. The molecule has 1 aromatic carbocycles. The first-order chi connectivity index (χ1) is 9.16. The molecular formula is C15H15N3O. The highest BCUT2D eigenvalue weighted by Crippen LogP contribution is 2.29. The summed E-state index contributed by atoms with van der Waals surface area (Å²) in [6, 6.07) is 9.92. The standard InChI is InChI=1S/C15H15N3O/c1-9-10(2)19-11(3)13(9)15-16-14(17-18-15)12-7-5-4-6-8-12/h4-8H,1-3H3,(H,16,17,18). The predicted octanol–water partition coefficient (Wildman–Crippen LogP) is 3.66. The highest BCUT2D eigenvalue weighted by Gasteiger charge is 2.17. The Labute approximate surface area is 111 Å². The van der Waals surface area contributed by atoms with Crippen molar-refractivity contribution in [1.29, 1.82) is 0 Å². The van der Waals surface area contributed by atoms with Crippen LogP contribution in [0, 0.1) is 20.8 Å². The van der Waals surface area contributed by atoms with Crippen molar-refractivity contribution >= 4 is 0 Å². The number of nitrogens with one attached hydrogen (secondary N) is 1. The summed E-state index contributed by atoms with van der Waals surface area (Å²) in [5.41, 5.74) is 3.11. The van der Waals surface area contributed by atoms with Gasteiger partial charge < -0.3 is 4.42 Å². The number of furan rings is 1. The van der Waals surface area contributed by atoms with Crippen LogP contribution in [0.25, 0.3) is 22.8 Å². The number of H-pyrrole nitrogens is 1. The van der Waals surface area contributed by atoms with E-state index in [1.165, 1.54) is 0 Å². The SMILES string of the molecule is Cc1oc(C)c(-c2nc(-c3ccccc3)n[nH]2)c1C. The Balaban J connectivity index is 2.07. The number of hydrogen-bond acceptors (Lipinski definition) is 3. The van der Waals surface area contributed by atoms with E-state index in [1.54, 1.807) is 0 Å². The van der Waals surface area contributed by atoms with E-state index in [0.29, 0.717) is 5.82 Å². The Bertz CT molecular complexity index is 710. The van der Waals surface area contributed by atoms with E-state index in [2.05, 4.69) is 15.2 Å². The number of nitrogens with zero attached hydrogens (tertiary/aromatic N) is 2. The van der Waals surface area contributed by atoms with Crippen LogP contribution in [-0.2, 0) is 0 Å². The number of rotatable bonds is 2. The molecule has 0 fully saturated rings. The largest absolute Gasteiger partial charge is 0.466 e. The fourth-order valence-corrected chi connectivity index (χ4v) is 2.23. The summed E-state index contributed by atoms with van der Waals surface area (Å²) < 4.78 is 5.63. The number of hydrogen-bond donors (Lipinski definition) is 1. The third-order valence-electron chi connectivity index (χ3n) is 3.32. The second kappa shape index (κ2) is 4.39. The molecule has 4 nitrogen and oxygen atoms in total. The lowest BCUT2D eigenvalue weighted by atomic mass is 10.1. The zero-order valence-electron chi connectivity index (χ0n) is 11.2. The molecule has 0 radical (unpaired) electrons. The Morgan fingerprint density at radius 1 is 1.00 bits per heavy atom. The van der Waals surface area contributed by atoms with Crippen molar-refractivity contribution in [3.8, 4) is 22.8 Å². The van der Waals surface area contributed by atoms with Gasteiger partial charge in [-0.25, -0.2) is 4.98 Å². The van der Waals surface area contributed by atoms with Crippen molar-refractivity contribution in [3.63, 3.8) is 0 Å². The number of aryl methyl sites for hydroxylation is 2. The highest BCUT2D eigenvalue weighted by atomic mass is 16.3. The Hall–Kier alpha value is -2.36. The molecule has 19 heavy (non-hydrogen) atoms. The smallest absolute Gasteiger partial charge is 0.181 e. The minimum absolute atomic E-state index is 0.702. The zero-order valence-corrected chi connectivity index (χ0v) is 11.2. The molecule has 3 aromatic rings. The Kier molecular flexibility index (Phi) is 2.71. The van der Waals surface area contributed by atoms with Crippen molar-refractivity contribution in [2.75, 3.05) is 0 Å². The van der Waals surface area contributed by atoms with Gasteiger partial charge >= 0.3 is 0 Å². The fraction of sp³-hybridized carbons (Fsp3) is 0.200. The van der Waals surface area contributed by atoms with E-state index in [9.17, 15) is 0 Å². The van der Waals surface area contributed by atoms with Crippen molar-refractivity contribution in [2.45, 2.75) is 20.8 Å². The third-order valence-corrected chi connectivity index (χ3v) is 3.32. The van der Waals surface area contributed by atoms with Gasteiger partial charge in [-0.2, -0.15) is 5.10 Å². The lowest BCUT2D eigenvalue weighted by Crippen LogP contribution is -1.84. The van der Waals surface area contributed by atoms with Crippen LogP contribution in [0.3, 0.4) is 0 Å². The first-order valence-electron chi connectivity index (χ1n) is 6.21. The maximum Gasteiger partial charge on any atom is 0.181 e. The molecule has 0 bridgehead atoms. The molecular weight excluding hydrogens is 238 g/mol. The zero-order chi connectivity index (χ0) is 13.4. The third kappa shape index (κ3) is 1.95. The highest BCUT2D eigenvalue weighted by molar-refractivity contribution is 5.66. The summed E-state index contributed by atoms with van der Waals surface area (Å²) in [5.74, 6) is 3.25. The normalized spacial score (nSPS) is 10.9. The van der Waals surface area contributed by atoms with Gasteiger partial charge in [-0.05, 0) is 20.8 Å². The van der Waals surface area contributed by atoms with Crippen LogP contribution in [0.15, 0.2) is 34.7 Å². The van der Waals surface area contributed by atoms with Crippen molar-refractivity contribution in [2.24, 2.45) is 0 Å². The fourth-order valence-electron chi connectivity index (χ4n) is 2.23. The van der Waals surface area contributed by atoms with Crippen LogP contribution in [0.1, 0.15) is 17.1 Å². The first-order valence-corrected chi connectivity index (χ1v) is 6.21. The molecule has 0 saturated carbocycles. The predicted molar refractivity (Wildman–Crippen MR) is 73.7 cm³/mol. The lowest BCUT2D eigenvalue weighted by molar-refractivity contribution is 0.503. The summed E-state index contributed by atoms with van der Waals surface area (Å²) in [4.78, 5) is 4.56. The summed E-state index contributed by atoms with van der Waals surface area (Å²) >= 11 is 0. The molecule has 0 aliphatic carbocycles. The number of benzene rings is 1. The summed E-state index contributed by atoms with van der Waals surface area (Å²) in [7, 11) is 0. The van der Waals surface area contributed by atoms with Gasteiger partial charge in [0.25, 0.3) is 0 Å². The van der Waals surface area contributed by atoms with Gasteiger partial charge in [-0.1, -0.05) is 30.3 Å². The molecule has 0 amide bonds. The van der Waals surface area contributed by atoms with E-state index in [0.717, 1.165) is 34.0 Å². The molecule has 2 aromatic heterocycles. The van der Waals surface area contributed by atoms with E-state index >= 15 is 0 Å². The van der Waals surface area contributed by atoms with Gasteiger partial charge in [0.05, 0.1) is 5.56 Å². The molecule has 3 rings (SSSR count). The van der Waals surface area contributed by atoms with E-state index in [4.69, 9.17) is 4.42 Å². The molecule has 0 saturated heterocycles. The molecule has 1 N–H and O–H groups in total. The maximum atomic E-state index is 5.63. The Morgan fingerprint density at radius 2 is 1.74 bits per heavy atom. The van der Waals surface area contributed by atoms with Crippen LogP contribution in [0.4, 0.5) is 0 Å². The van der Waals surface area contributed by atoms with Gasteiger partial charge in [0.15, 0.2) is 11.6 Å². The molecule has 0 aliphatic rings. The van der Waals surface area contributed by atoms with Crippen LogP contribution < -0.4 is 0 Å². The van der Waals surface area contributed by atoms with Crippen LogP contribution in [0.2, 0.25) is 0 Å². The van der Waals surface area contributed by atoms with Gasteiger partial charge in [0, 0.05) is 11.1 Å². The minimum Gasteiger partial charge on any atom is -0.466 e. The van der Waals surface area contributed by atoms with Crippen LogP contribution in [0.5, 0.6) is 0 Å². The second-order valence-electron chi connectivity index (χ2n) is 4.59. The monoisotopic (exact) mass is 253 g/mol. The van der Waals surface area contributed by atoms with E-state index in [-0.39, 0.29) is 0 Å². The van der Waals surface area contributed by atoms with Gasteiger partial charge in [0.1, 0.15) is 11.5 Å². The molecule has 0 atom stereocenters. The lowest BCUT2D eigenvalue weighted by Gasteiger charge is -1.95. The summed E-state index contributed by atoms with van der Waals surface area (Å²) in [5, 5.41) is 7.27. The quantitative estimate of drug-likeness (QED) is 0.758. The number of aromatic amines is 1.